The van der Waals surface area contributed by atoms with Crippen LogP contribution >= 0.6 is 0 Å². The molecule has 1 saturated heterocycles. The number of carboxylic acid groups (broad SMARTS) is 1. The molecule has 1 fully saturated rings. The summed E-state index contributed by atoms with van der Waals surface area (Å²) in [5, 5.41) is 22.2. The number of carbonyl (C=O) groups is 1. The molecule has 9 nitrogen and oxygen atoms in total. The summed E-state index contributed by atoms with van der Waals surface area (Å²) in [6.07, 6.45) is 2.15. The average molecular weight is 468 g/mol. The molecule has 1 aliphatic heterocycles. The number of piperidine rings is 1. The zero-order valence-corrected chi connectivity index (χ0v) is 18.5. The van der Waals surface area contributed by atoms with E-state index in [1.807, 2.05) is 6.07 Å². The van der Waals surface area contributed by atoms with Crippen molar-refractivity contribution in [2.45, 2.75) is 38.7 Å². The standard InChI is InChI=1S/C23H22F2N6O3/c1-13-10-15(14(2)28-17-4-3-7-27-18(17)22(33)34)20-29-19(16(11-26)21(32)31(20)12-13)30-8-5-23(24,25)6-9-30/h3-4,7,10,12,14,28H,5-6,8-9H2,1-2H3,(H,33,34)/t14-/m1/s1. The highest BCUT2D eigenvalue weighted by molar-refractivity contribution is 5.91. The van der Waals surface area contributed by atoms with Gasteiger partial charge >= 0.3 is 5.97 Å². The molecule has 0 spiro atoms. The third-order valence-electron chi connectivity index (χ3n) is 5.83. The van der Waals surface area contributed by atoms with Crippen molar-refractivity contribution in [2.24, 2.45) is 0 Å². The van der Waals surface area contributed by atoms with Gasteiger partial charge in [-0.2, -0.15) is 5.26 Å². The van der Waals surface area contributed by atoms with Crippen molar-refractivity contribution in [2.75, 3.05) is 23.3 Å². The normalized spacial score (nSPS) is 16.1. The highest BCUT2D eigenvalue weighted by atomic mass is 19.3. The summed E-state index contributed by atoms with van der Waals surface area (Å²) in [5.41, 5.74) is 0.881. The molecule has 0 unspecified atom stereocenters. The number of halogens is 2. The quantitative estimate of drug-likeness (QED) is 0.584. The summed E-state index contributed by atoms with van der Waals surface area (Å²) in [4.78, 5) is 34.8. The lowest BCUT2D eigenvalue weighted by Crippen LogP contribution is -2.41. The molecule has 4 heterocycles. The lowest BCUT2D eigenvalue weighted by molar-refractivity contribution is -0.0221. The van der Waals surface area contributed by atoms with Gasteiger partial charge in [-0.25, -0.2) is 23.5 Å². The van der Waals surface area contributed by atoms with Crippen LogP contribution in [-0.4, -0.2) is 44.5 Å². The third-order valence-corrected chi connectivity index (χ3v) is 5.83. The first-order chi connectivity index (χ1) is 16.1. The fourth-order valence-corrected chi connectivity index (χ4v) is 4.09. The molecule has 34 heavy (non-hydrogen) atoms. The second-order valence-corrected chi connectivity index (χ2v) is 8.31. The number of carboxylic acids is 1. The van der Waals surface area contributed by atoms with Gasteiger partial charge in [0.25, 0.3) is 11.5 Å². The van der Waals surface area contributed by atoms with E-state index < -0.39 is 36.3 Å². The van der Waals surface area contributed by atoms with Crippen LogP contribution in [0.2, 0.25) is 0 Å². The van der Waals surface area contributed by atoms with Crippen LogP contribution in [0.3, 0.4) is 0 Å². The molecule has 1 aliphatic rings. The number of anilines is 2. The van der Waals surface area contributed by atoms with Gasteiger partial charge in [0, 0.05) is 43.9 Å². The minimum absolute atomic E-state index is 0.0308. The largest absolute Gasteiger partial charge is 0.476 e. The van der Waals surface area contributed by atoms with Crippen molar-refractivity contribution in [1.82, 2.24) is 14.4 Å². The maximum Gasteiger partial charge on any atom is 0.356 e. The van der Waals surface area contributed by atoms with Gasteiger partial charge in [0.2, 0.25) is 0 Å². The Bertz CT molecular complexity index is 1370. The number of pyridine rings is 2. The van der Waals surface area contributed by atoms with Gasteiger partial charge in [-0.1, -0.05) is 0 Å². The Morgan fingerprint density at radius 1 is 1.35 bits per heavy atom. The molecule has 2 N–H and O–H groups in total. The predicted molar refractivity (Wildman–Crippen MR) is 121 cm³/mol. The third kappa shape index (κ3) is 4.26. The van der Waals surface area contributed by atoms with Gasteiger partial charge in [0.15, 0.2) is 17.1 Å². The predicted octanol–water partition coefficient (Wildman–Crippen LogP) is 3.38. The van der Waals surface area contributed by atoms with E-state index in [0.717, 1.165) is 5.56 Å². The van der Waals surface area contributed by atoms with E-state index in [1.165, 1.54) is 10.6 Å². The van der Waals surface area contributed by atoms with Crippen molar-refractivity contribution in [1.29, 1.82) is 5.26 Å². The van der Waals surface area contributed by atoms with Crippen molar-refractivity contribution in [3.8, 4) is 6.07 Å². The number of alkyl halides is 2. The summed E-state index contributed by atoms with van der Waals surface area (Å²) in [6, 6.07) is 6.37. The summed E-state index contributed by atoms with van der Waals surface area (Å²) < 4.78 is 28.6. The van der Waals surface area contributed by atoms with Crippen LogP contribution in [0.4, 0.5) is 20.3 Å². The molecule has 176 valence electrons. The number of aryl methyl sites for hydroxylation is 1. The van der Waals surface area contributed by atoms with Gasteiger partial charge in [-0.05, 0) is 37.6 Å². The number of aromatic carboxylic acids is 1. The Balaban J connectivity index is 1.83. The van der Waals surface area contributed by atoms with E-state index in [-0.39, 0.29) is 41.5 Å². The lowest BCUT2D eigenvalue weighted by Gasteiger charge is -2.33. The van der Waals surface area contributed by atoms with Crippen LogP contribution in [0.1, 0.15) is 53.0 Å². The van der Waals surface area contributed by atoms with Crippen LogP contribution in [-0.2, 0) is 0 Å². The van der Waals surface area contributed by atoms with Crippen LogP contribution in [0, 0.1) is 18.3 Å². The number of fused-ring (bicyclic) bond motifs is 1. The van der Waals surface area contributed by atoms with E-state index in [0.29, 0.717) is 5.56 Å². The van der Waals surface area contributed by atoms with E-state index in [9.17, 15) is 28.7 Å². The van der Waals surface area contributed by atoms with Crippen LogP contribution in [0.25, 0.3) is 5.65 Å². The molecule has 0 saturated carbocycles. The van der Waals surface area contributed by atoms with Gasteiger partial charge < -0.3 is 15.3 Å². The fourth-order valence-electron chi connectivity index (χ4n) is 4.09. The summed E-state index contributed by atoms with van der Waals surface area (Å²) >= 11 is 0. The Morgan fingerprint density at radius 3 is 2.71 bits per heavy atom. The van der Waals surface area contributed by atoms with Gasteiger partial charge in [0.05, 0.1) is 11.7 Å². The maximum absolute atomic E-state index is 13.7. The molecule has 4 rings (SSSR count). The molecule has 0 amide bonds. The van der Waals surface area contributed by atoms with Gasteiger partial charge in [-0.15, -0.1) is 0 Å². The molecule has 0 aromatic carbocycles. The molecular formula is C23H22F2N6O3. The molecule has 3 aromatic rings. The number of nitrogens with zero attached hydrogens (tertiary/aromatic N) is 5. The average Bonchev–Trinajstić information content (AvgIpc) is 2.79. The summed E-state index contributed by atoms with van der Waals surface area (Å²) in [5.74, 6) is -3.91. The highest BCUT2D eigenvalue weighted by Crippen LogP contribution is 2.32. The van der Waals surface area contributed by atoms with E-state index >= 15 is 0 Å². The molecule has 3 aromatic heterocycles. The number of nitrogens with one attached hydrogen (secondary N) is 1. The topological polar surface area (TPSA) is 124 Å². The Hall–Kier alpha value is -4.07. The molecule has 1 atom stereocenters. The van der Waals surface area contributed by atoms with Crippen LogP contribution in [0.15, 0.2) is 35.4 Å². The monoisotopic (exact) mass is 468 g/mol. The van der Waals surface area contributed by atoms with Crippen molar-refractivity contribution < 1.29 is 18.7 Å². The molecule has 0 bridgehead atoms. The first-order valence-corrected chi connectivity index (χ1v) is 10.7. The number of hydrogen-bond donors (Lipinski definition) is 2. The Kier molecular flexibility index (Phi) is 5.91. The van der Waals surface area contributed by atoms with Gasteiger partial charge in [-0.3, -0.25) is 9.20 Å². The number of rotatable bonds is 5. The van der Waals surface area contributed by atoms with Crippen molar-refractivity contribution in [3.63, 3.8) is 0 Å². The van der Waals surface area contributed by atoms with E-state index in [4.69, 9.17) is 0 Å². The highest BCUT2D eigenvalue weighted by Gasteiger charge is 2.35. The summed E-state index contributed by atoms with van der Waals surface area (Å²) in [7, 11) is 0. The smallest absolute Gasteiger partial charge is 0.356 e. The summed E-state index contributed by atoms with van der Waals surface area (Å²) in [6.45, 7) is 3.49. The minimum atomic E-state index is -2.79. The zero-order chi connectivity index (χ0) is 24.6. The second-order valence-electron chi connectivity index (χ2n) is 8.31. The molecular weight excluding hydrogens is 446 g/mol. The van der Waals surface area contributed by atoms with Crippen LogP contribution < -0.4 is 15.8 Å². The van der Waals surface area contributed by atoms with Crippen LogP contribution in [0.5, 0.6) is 0 Å². The SMILES string of the molecule is Cc1cc([C@@H](C)Nc2cccnc2C(=O)O)c2nc(N3CCC(F)(F)CC3)c(C#N)c(=O)n2c1. The molecule has 0 radical (unpaired) electrons. The number of aromatic nitrogens is 3. The molecule has 11 heteroatoms. The second kappa shape index (κ2) is 8.70. The van der Waals surface area contributed by atoms with Crippen molar-refractivity contribution >= 4 is 23.1 Å². The fraction of sp³-hybridized carbons (Fsp3) is 0.348. The van der Waals surface area contributed by atoms with E-state index in [2.05, 4.69) is 15.3 Å². The minimum Gasteiger partial charge on any atom is -0.476 e. The maximum atomic E-state index is 13.7. The lowest BCUT2D eigenvalue weighted by atomic mass is 10.1. The molecule has 0 aliphatic carbocycles. The Morgan fingerprint density at radius 2 is 2.06 bits per heavy atom. The van der Waals surface area contributed by atoms with E-state index in [1.54, 1.807) is 43.1 Å². The van der Waals surface area contributed by atoms with Gasteiger partial charge in [0.1, 0.15) is 11.7 Å². The zero-order valence-electron chi connectivity index (χ0n) is 18.5. The number of nitriles is 1. The Labute approximate surface area is 193 Å². The first-order valence-electron chi connectivity index (χ1n) is 10.7. The van der Waals surface area contributed by atoms with Crippen molar-refractivity contribution in [3.05, 3.63) is 63.3 Å². The first kappa shape index (κ1) is 23.1. The number of hydrogen-bond acceptors (Lipinski definition) is 7.